The average molecular weight is 397 g/mol. The van der Waals surface area contributed by atoms with Crippen molar-refractivity contribution >= 4 is 33.7 Å². The van der Waals surface area contributed by atoms with Gasteiger partial charge in [-0.05, 0) is 12.1 Å². The highest BCUT2D eigenvalue weighted by Gasteiger charge is 2.33. The fourth-order valence-electron chi connectivity index (χ4n) is 1.43. The summed E-state index contributed by atoms with van der Waals surface area (Å²) in [7, 11) is 1.10. The highest BCUT2D eigenvalue weighted by Crippen LogP contribution is 2.35. The molecule has 0 atom stereocenters. The zero-order valence-corrected chi connectivity index (χ0v) is 13.6. The van der Waals surface area contributed by atoms with Crippen LogP contribution in [0.25, 0.3) is 0 Å². The normalized spacial score (nSPS) is 11.8. The number of hydrogen-bond acceptors (Lipinski definition) is 5. The molecule has 0 unspecified atom stereocenters. The second-order valence-electron chi connectivity index (χ2n) is 4.13. The summed E-state index contributed by atoms with van der Waals surface area (Å²) in [4.78, 5) is 21.9. The Hall–Kier alpha value is -2.10. The van der Waals surface area contributed by atoms with Crippen LogP contribution in [0.5, 0.6) is 0 Å². The van der Waals surface area contributed by atoms with Crippen LogP contribution < -0.4 is 5.43 Å². The number of esters is 1. The number of methoxy groups -OCH3 is 1. The van der Waals surface area contributed by atoms with E-state index in [2.05, 4.69) is 25.8 Å². The van der Waals surface area contributed by atoms with Crippen molar-refractivity contribution in [1.82, 2.24) is 5.43 Å². The number of nitrogens with one attached hydrogen (secondary N) is 1. The number of carbonyl (C=O) groups is 2. The molecule has 0 spiro atoms. The summed E-state index contributed by atoms with van der Waals surface area (Å²) in [5, 5.41) is 3.62. The number of amides is 1. The van der Waals surface area contributed by atoms with Crippen LogP contribution in [0.2, 0.25) is 0 Å². The summed E-state index contributed by atoms with van der Waals surface area (Å²) in [5.74, 6) is -0.649. The van der Waals surface area contributed by atoms with Crippen LogP contribution in [0.4, 0.5) is 18.0 Å². The van der Waals surface area contributed by atoms with E-state index >= 15 is 0 Å². The Labute approximate surface area is 137 Å². The minimum atomic E-state index is -4.59. The molecule has 1 aromatic rings. The first kappa shape index (κ1) is 18.9. The Balaban J connectivity index is 3.20. The molecule has 1 N–H and O–H groups in total. The molecule has 0 fully saturated rings. The van der Waals surface area contributed by atoms with Gasteiger partial charge in [0.2, 0.25) is 0 Å². The Morgan fingerprint density at radius 1 is 1.35 bits per heavy atom. The summed E-state index contributed by atoms with van der Waals surface area (Å²) in [6.07, 6.45) is -5.50. The number of ether oxygens (including phenoxy) is 2. The highest BCUT2D eigenvalue weighted by molar-refractivity contribution is 9.10. The maximum atomic E-state index is 12.9. The molecule has 0 saturated carbocycles. The Kier molecular flexibility index (Phi) is 6.55. The van der Waals surface area contributed by atoms with E-state index in [9.17, 15) is 22.8 Å². The van der Waals surface area contributed by atoms with Gasteiger partial charge in [-0.3, -0.25) is 4.79 Å². The predicted molar refractivity (Wildman–Crippen MR) is 77.9 cm³/mol. The van der Waals surface area contributed by atoms with E-state index < -0.39 is 30.4 Å². The van der Waals surface area contributed by atoms with Gasteiger partial charge in [-0.15, -0.1) is 0 Å². The molecule has 126 valence electrons. The minimum absolute atomic E-state index is 0.0261. The van der Waals surface area contributed by atoms with Crippen molar-refractivity contribution in [3.8, 4) is 0 Å². The van der Waals surface area contributed by atoms with Crippen LogP contribution in [0.1, 0.15) is 18.1 Å². The number of alkyl halides is 3. The number of benzene rings is 1. The van der Waals surface area contributed by atoms with Gasteiger partial charge in [-0.2, -0.15) is 18.3 Å². The number of carbonyl (C=O) groups excluding carboxylic acids is 2. The van der Waals surface area contributed by atoms with Gasteiger partial charge in [0.05, 0.1) is 12.7 Å². The van der Waals surface area contributed by atoms with Crippen LogP contribution in [-0.4, -0.2) is 31.5 Å². The largest absolute Gasteiger partial charge is 0.459 e. The van der Waals surface area contributed by atoms with Crippen molar-refractivity contribution in [3.63, 3.8) is 0 Å². The summed E-state index contributed by atoms with van der Waals surface area (Å²) in [6.45, 7) is 0.715. The second-order valence-corrected chi connectivity index (χ2v) is 4.99. The van der Waals surface area contributed by atoms with Crippen LogP contribution >= 0.6 is 15.9 Å². The van der Waals surface area contributed by atoms with Crippen LogP contribution in [0.15, 0.2) is 27.8 Å². The van der Waals surface area contributed by atoms with E-state index in [0.717, 1.165) is 20.1 Å². The lowest BCUT2D eigenvalue weighted by molar-refractivity contribution is -0.139. The molecule has 0 heterocycles. The first-order chi connectivity index (χ1) is 10.6. The molecule has 1 rings (SSSR count). The molecular formula is C13H12BrF3N2O4. The minimum Gasteiger partial charge on any atom is -0.459 e. The SMILES string of the molecule is COC(=O)N/N=C(\COC(C)=O)c1ccc(Br)c(C(F)(F)F)c1. The molecule has 23 heavy (non-hydrogen) atoms. The number of hydrogen-bond donors (Lipinski definition) is 1. The number of rotatable bonds is 4. The van der Waals surface area contributed by atoms with Gasteiger partial charge in [-0.1, -0.05) is 22.0 Å². The van der Waals surface area contributed by atoms with Crippen molar-refractivity contribution in [2.24, 2.45) is 5.10 Å². The van der Waals surface area contributed by atoms with E-state index in [0.29, 0.717) is 0 Å². The van der Waals surface area contributed by atoms with Crippen LogP contribution in [0, 0.1) is 0 Å². The summed E-state index contributed by atoms with van der Waals surface area (Å²) in [5.41, 5.74) is 0.989. The number of hydrazone groups is 1. The number of halogens is 4. The maximum Gasteiger partial charge on any atom is 0.427 e. The van der Waals surface area contributed by atoms with E-state index in [1.807, 2.05) is 5.43 Å². The molecule has 1 aromatic carbocycles. The first-order valence-corrected chi connectivity index (χ1v) is 6.85. The zero-order valence-electron chi connectivity index (χ0n) is 12.0. The van der Waals surface area contributed by atoms with Gasteiger partial charge in [-0.25, -0.2) is 10.2 Å². The summed E-state index contributed by atoms with van der Waals surface area (Å²) >= 11 is 2.82. The standard InChI is InChI=1S/C13H12BrF3N2O4/c1-7(20)23-6-11(18-19-12(21)22-2)8-3-4-10(14)9(5-8)13(15,16)17/h3-5H,6H2,1-2H3,(H,19,21)/b18-11+. The second kappa shape index (κ2) is 7.95. The average Bonchev–Trinajstić information content (AvgIpc) is 2.46. The molecule has 1 amide bonds. The van der Waals surface area contributed by atoms with E-state index in [4.69, 9.17) is 4.74 Å². The fourth-order valence-corrected chi connectivity index (χ4v) is 1.90. The smallest absolute Gasteiger partial charge is 0.427 e. The predicted octanol–water partition coefficient (Wildman–Crippen LogP) is 3.09. The monoisotopic (exact) mass is 396 g/mol. The molecule has 6 nitrogen and oxygen atoms in total. The molecule has 0 aromatic heterocycles. The van der Waals surface area contributed by atoms with Crippen molar-refractivity contribution in [1.29, 1.82) is 0 Å². The van der Waals surface area contributed by atoms with E-state index in [-0.39, 0.29) is 15.7 Å². The number of nitrogens with zero attached hydrogens (tertiary/aromatic N) is 1. The van der Waals surface area contributed by atoms with Crippen molar-refractivity contribution in [2.45, 2.75) is 13.1 Å². The van der Waals surface area contributed by atoms with Gasteiger partial charge >= 0.3 is 18.2 Å². The van der Waals surface area contributed by atoms with Crippen LogP contribution in [0.3, 0.4) is 0 Å². The Bertz CT molecular complexity index is 632. The fraction of sp³-hybridized carbons (Fsp3) is 0.308. The van der Waals surface area contributed by atoms with Gasteiger partial charge < -0.3 is 9.47 Å². The zero-order chi connectivity index (χ0) is 17.6. The Morgan fingerprint density at radius 2 is 2.00 bits per heavy atom. The topological polar surface area (TPSA) is 77.0 Å². The third-order valence-electron chi connectivity index (χ3n) is 2.48. The first-order valence-electron chi connectivity index (χ1n) is 6.06. The van der Waals surface area contributed by atoms with Gasteiger partial charge in [0.15, 0.2) is 0 Å². The molecule has 0 bridgehead atoms. The molecule has 0 aliphatic rings. The lowest BCUT2D eigenvalue weighted by Crippen LogP contribution is -2.23. The lowest BCUT2D eigenvalue weighted by Gasteiger charge is -2.12. The third-order valence-corrected chi connectivity index (χ3v) is 3.18. The molecular weight excluding hydrogens is 385 g/mol. The van der Waals surface area contributed by atoms with Crippen molar-refractivity contribution < 1.29 is 32.2 Å². The van der Waals surface area contributed by atoms with Crippen molar-refractivity contribution in [2.75, 3.05) is 13.7 Å². The molecule has 10 heteroatoms. The summed E-state index contributed by atoms with van der Waals surface area (Å²) < 4.78 is 47.7. The van der Waals surface area contributed by atoms with Gasteiger partial charge in [0, 0.05) is 17.0 Å². The highest BCUT2D eigenvalue weighted by atomic mass is 79.9. The third kappa shape index (κ3) is 5.89. The van der Waals surface area contributed by atoms with E-state index in [1.165, 1.54) is 12.1 Å². The van der Waals surface area contributed by atoms with Gasteiger partial charge in [0.1, 0.15) is 12.3 Å². The molecule has 0 aliphatic heterocycles. The van der Waals surface area contributed by atoms with Crippen LogP contribution in [-0.2, 0) is 20.4 Å². The lowest BCUT2D eigenvalue weighted by atomic mass is 10.1. The maximum absolute atomic E-state index is 12.9. The van der Waals surface area contributed by atoms with Crippen molar-refractivity contribution in [3.05, 3.63) is 33.8 Å². The van der Waals surface area contributed by atoms with E-state index in [1.54, 1.807) is 0 Å². The summed E-state index contributed by atoms with van der Waals surface area (Å²) in [6, 6.07) is 3.34. The quantitative estimate of drug-likeness (QED) is 0.481. The molecule has 0 aliphatic carbocycles. The molecule has 0 radical (unpaired) electrons. The molecule has 0 saturated heterocycles. The van der Waals surface area contributed by atoms with Gasteiger partial charge in [0.25, 0.3) is 0 Å². The Morgan fingerprint density at radius 3 is 2.52 bits per heavy atom.